The first-order valence-corrected chi connectivity index (χ1v) is 9.41. The van der Waals surface area contributed by atoms with E-state index >= 15 is 0 Å². The summed E-state index contributed by atoms with van der Waals surface area (Å²) in [6.07, 6.45) is 1.17. The molecule has 0 N–H and O–H groups in total. The SMILES string of the molecule is O=C(C[C@H]1C[C@H]2CN(C(=O)c3cccc(Cl)n3)C[C@H]2O1)N1CCOCC1. The lowest BCUT2D eigenvalue weighted by Crippen LogP contribution is -2.42. The zero-order valence-corrected chi connectivity index (χ0v) is 15.2. The fourth-order valence-electron chi connectivity index (χ4n) is 3.99. The van der Waals surface area contributed by atoms with Crippen molar-refractivity contribution < 1.29 is 19.1 Å². The van der Waals surface area contributed by atoms with Crippen molar-refractivity contribution in [3.05, 3.63) is 29.0 Å². The number of rotatable bonds is 3. The van der Waals surface area contributed by atoms with Crippen LogP contribution in [0.25, 0.3) is 0 Å². The van der Waals surface area contributed by atoms with Crippen LogP contribution in [0.5, 0.6) is 0 Å². The standard InChI is InChI=1S/C18H22ClN3O4/c19-16-3-1-2-14(20-16)18(24)22-10-12-8-13(26-15(12)11-22)9-17(23)21-4-6-25-7-5-21/h1-3,12-13,15H,4-11H2/t12-,13+,15+/m0/s1. The van der Waals surface area contributed by atoms with Gasteiger partial charge in [0.15, 0.2) is 0 Å². The molecule has 0 aromatic carbocycles. The number of hydrogen-bond acceptors (Lipinski definition) is 5. The molecular formula is C18H22ClN3O4. The Labute approximate surface area is 157 Å². The number of ether oxygens (including phenoxy) is 2. The molecule has 26 heavy (non-hydrogen) atoms. The molecule has 0 spiro atoms. The van der Waals surface area contributed by atoms with Crippen LogP contribution in [0.2, 0.25) is 5.15 Å². The van der Waals surface area contributed by atoms with Crippen LogP contribution < -0.4 is 0 Å². The number of carbonyl (C=O) groups is 2. The number of aromatic nitrogens is 1. The maximum absolute atomic E-state index is 12.6. The molecule has 4 rings (SSSR count). The van der Waals surface area contributed by atoms with Gasteiger partial charge in [-0.05, 0) is 18.6 Å². The summed E-state index contributed by atoms with van der Waals surface area (Å²) in [5, 5.41) is 0.313. The van der Waals surface area contributed by atoms with Gasteiger partial charge >= 0.3 is 0 Å². The first-order chi connectivity index (χ1) is 12.6. The van der Waals surface area contributed by atoms with Gasteiger partial charge in [0, 0.05) is 32.1 Å². The maximum Gasteiger partial charge on any atom is 0.272 e. The molecule has 0 unspecified atom stereocenters. The van der Waals surface area contributed by atoms with E-state index in [-0.39, 0.29) is 29.9 Å². The summed E-state index contributed by atoms with van der Waals surface area (Å²) in [6.45, 7) is 3.72. The van der Waals surface area contributed by atoms with E-state index in [2.05, 4.69) is 4.98 Å². The zero-order chi connectivity index (χ0) is 18.1. The number of carbonyl (C=O) groups excluding carboxylic acids is 2. The Morgan fingerprint density at radius 2 is 2.00 bits per heavy atom. The number of halogens is 1. The molecule has 7 nitrogen and oxygen atoms in total. The van der Waals surface area contributed by atoms with Crippen LogP contribution in [-0.4, -0.2) is 78.2 Å². The summed E-state index contributed by atoms with van der Waals surface area (Å²) in [6, 6.07) is 5.05. The van der Waals surface area contributed by atoms with Crippen LogP contribution in [0.15, 0.2) is 18.2 Å². The second-order valence-electron chi connectivity index (χ2n) is 7.05. The molecule has 0 aliphatic carbocycles. The minimum atomic E-state index is -0.119. The van der Waals surface area contributed by atoms with E-state index < -0.39 is 0 Å². The summed E-state index contributed by atoms with van der Waals surface area (Å²) in [5.74, 6) is 0.293. The van der Waals surface area contributed by atoms with E-state index in [1.807, 2.05) is 4.90 Å². The Morgan fingerprint density at radius 3 is 2.73 bits per heavy atom. The largest absolute Gasteiger partial charge is 0.378 e. The van der Waals surface area contributed by atoms with E-state index in [0.717, 1.165) is 6.42 Å². The van der Waals surface area contributed by atoms with Gasteiger partial charge in [0.25, 0.3) is 5.91 Å². The van der Waals surface area contributed by atoms with Crippen molar-refractivity contribution in [2.75, 3.05) is 39.4 Å². The predicted octanol–water partition coefficient (Wildman–Crippen LogP) is 1.21. The van der Waals surface area contributed by atoms with Crippen LogP contribution in [0.4, 0.5) is 0 Å². The van der Waals surface area contributed by atoms with Crippen LogP contribution in [-0.2, 0) is 14.3 Å². The molecule has 8 heteroatoms. The number of fused-ring (bicyclic) bond motifs is 1. The molecule has 2 amide bonds. The van der Waals surface area contributed by atoms with Gasteiger partial charge in [0.05, 0.1) is 31.8 Å². The smallest absolute Gasteiger partial charge is 0.272 e. The minimum absolute atomic E-state index is 0.000577. The molecular weight excluding hydrogens is 358 g/mol. The topological polar surface area (TPSA) is 72.0 Å². The third-order valence-electron chi connectivity index (χ3n) is 5.30. The number of likely N-dealkylation sites (tertiary alicyclic amines) is 1. The van der Waals surface area contributed by atoms with Gasteiger partial charge in [0.1, 0.15) is 10.8 Å². The third-order valence-corrected chi connectivity index (χ3v) is 5.51. The highest BCUT2D eigenvalue weighted by molar-refractivity contribution is 6.29. The molecule has 3 aliphatic heterocycles. The van der Waals surface area contributed by atoms with E-state index in [9.17, 15) is 9.59 Å². The average Bonchev–Trinajstić information content (AvgIpc) is 3.20. The molecule has 0 bridgehead atoms. The van der Waals surface area contributed by atoms with Crippen LogP contribution in [0.1, 0.15) is 23.3 Å². The lowest BCUT2D eigenvalue weighted by Gasteiger charge is -2.28. The van der Waals surface area contributed by atoms with Gasteiger partial charge < -0.3 is 19.3 Å². The van der Waals surface area contributed by atoms with Gasteiger partial charge in [0.2, 0.25) is 5.91 Å². The molecule has 3 fully saturated rings. The summed E-state index contributed by atoms with van der Waals surface area (Å²) >= 11 is 5.87. The number of morpholine rings is 1. The highest BCUT2D eigenvalue weighted by Gasteiger charge is 2.44. The van der Waals surface area contributed by atoms with Crippen molar-refractivity contribution in [3.63, 3.8) is 0 Å². The van der Waals surface area contributed by atoms with Gasteiger partial charge in [-0.1, -0.05) is 17.7 Å². The average molecular weight is 380 g/mol. The minimum Gasteiger partial charge on any atom is -0.378 e. The van der Waals surface area contributed by atoms with Crippen molar-refractivity contribution in [2.45, 2.75) is 25.0 Å². The Balaban J connectivity index is 1.30. The molecule has 3 saturated heterocycles. The van der Waals surface area contributed by atoms with Crippen LogP contribution in [0.3, 0.4) is 0 Å². The summed E-state index contributed by atoms with van der Waals surface area (Å²) in [5.41, 5.74) is 0.358. The summed E-state index contributed by atoms with van der Waals surface area (Å²) in [7, 11) is 0. The van der Waals surface area contributed by atoms with Crippen molar-refractivity contribution in [1.82, 2.24) is 14.8 Å². The number of hydrogen-bond donors (Lipinski definition) is 0. The van der Waals surface area contributed by atoms with E-state index in [4.69, 9.17) is 21.1 Å². The monoisotopic (exact) mass is 379 g/mol. The predicted molar refractivity (Wildman–Crippen MR) is 93.9 cm³/mol. The molecule has 3 aliphatic rings. The highest BCUT2D eigenvalue weighted by Crippen LogP contribution is 2.35. The number of nitrogens with zero attached hydrogens (tertiary/aromatic N) is 3. The fraction of sp³-hybridized carbons (Fsp3) is 0.611. The lowest BCUT2D eigenvalue weighted by molar-refractivity contribution is -0.138. The van der Waals surface area contributed by atoms with Gasteiger partial charge in [-0.25, -0.2) is 4.98 Å². The van der Waals surface area contributed by atoms with Gasteiger partial charge in [-0.2, -0.15) is 0 Å². The normalized spacial score (nSPS) is 28.3. The molecule has 140 valence electrons. The summed E-state index contributed by atoms with van der Waals surface area (Å²) in [4.78, 5) is 32.7. The lowest BCUT2D eigenvalue weighted by atomic mass is 10.0. The Hall–Kier alpha value is -1.70. The second-order valence-corrected chi connectivity index (χ2v) is 7.43. The third kappa shape index (κ3) is 3.70. The van der Waals surface area contributed by atoms with Crippen molar-refractivity contribution >= 4 is 23.4 Å². The quantitative estimate of drug-likeness (QED) is 0.738. The van der Waals surface area contributed by atoms with Crippen molar-refractivity contribution in [3.8, 4) is 0 Å². The molecule has 1 aromatic rings. The molecule has 0 radical (unpaired) electrons. The van der Waals surface area contributed by atoms with Crippen LogP contribution in [0, 0.1) is 5.92 Å². The Bertz CT molecular complexity index is 681. The fourth-order valence-corrected chi connectivity index (χ4v) is 4.15. The Morgan fingerprint density at radius 1 is 1.19 bits per heavy atom. The maximum atomic E-state index is 12.6. The zero-order valence-electron chi connectivity index (χ0n) is 14.5. The van der Waals surface area contributed by atoms with Gasteiger partial charge in [-0.15, -0.1) is 0 Å². The Kier molecular flexibility index (Phi) is 5.11. The van der Waals surface area contributed by atoms with Crippen molar-refractivity contribution in [1.29, 1.82) is 0 Å². The first-order valence-electron chi connectivity index (χ1n) is 9.03. The van der Waals surface area contributed by atoms with Crippen LogP contribution >= 0.6 is 11.6 Å². The molecule has 3 atom stereocenters. The molecule has 1 aromatic heterocycles. The van der Waals surface area contributed by atoms with E-state index in [1.54, 1.807) is 23.1 Å². The molecule has 4 heterocycles. The second kappa shape index (κ2) is 7.50. The van der Waals surface area contributed by atoms with E-state index in [1.165, 1.54) is 0 Å². The summed E-state index contributed by atoms with van der Waals surface area (Å²) < 4.78 is 11.4. The number of pyridine rings is 1. The van der Waals surface area contributed by atoms with Crippen molar-refractivity contribution in [2.24, 2.45) is 5.92 Å². The number of amides is 2. The van der Waals surface area contributed by atoms with Gasteiger partial charge in [-0.3, -0.25) is 9.59 Å². The van der Waals surface area contributed by atoms with E-state index in [0.29, 0.717) is 56.7 Å². The highest BCUT2D eigenvalue weighted by atomic mass is 35.5. The molecule has 0 saturated carbocycles. The first kappa shape index (κ1) is 17.7.